The molecule has 0 bridgehead atoms. The Morgan fingerprint density at radius 1 is 1.25 bits per heavy atom. The van der Waals surface area contributed by atoms with E-state index >= 15 is 0 Å². The maximum atomic E-state index is 13.2. The predicted molar refractivity (Wildman–Crippen MR) is 112 cm³/mol. The van der Waals surface area contributed by atoms with Crippen molar-refractivity contribution in [2.24, 2.45) is 7.05 Å². The van der Waals surface area contributed by atoms with E-state index < -0.39 is 0 Å². The van der Waals surface area contributed by atoms with Gasteiger partial charge in [-0.2, -0.15) is 5.10 Å². The first-order valence-corrected chi connectivity index (χ1v) is 10.4. The molecule has 0 radical (unpaired) electrons. The van der Waals surface area contributed by atoms with Crippen LogP contribution in [-0.2, 0) is 25.4 Å². The van der Waals surface area contributed by atoms with E-state index in [9.17, 15) is 4.79 Å². The van der Waals surface area contributed by atoms with Gasteiger partial charge in [-0.25, -0.2) is 0 Å². The van der Waals surface area contributed by atoms with Crippen LogP contribution in [0.5, 0.6) is 0 Å². The maximum absolute atomic E-state index is 13.2. The van der Waals surface area contributed by atoms with Crippen LogP contribution in [0.15, 0.2) is 18.2 Å². The van der Waals surface area contributed by atoms with Crippen LogP contribution in [-0.4, -0.2) is 33.7 Å². The Morgan fingerprint density at radius 2 is 2.04 bits per heavy atom. The fourth-order valence-corrected chi connectivity index (χ4v) is 4.54. The van der Waals surface area contributed by atoms with Gasteiger partial charge in [-0.15, -0.1) is 0 Å². The molecule has 1 amide bonds. The van der Waals surface area contributed by atoms with Crippen LogP contribution >= 0.6 is 0 Å². The van der Waals surface area contributed by atoms with Crippen LogP contribution in [0.1, 0.15) is 78.1 Å². The quantitative estimate of drug-likeness (QED) is 0.865. The van der Waals surface area contributed by atoms with E-state index in [0.717, 1.165) is 25.2 Å². The lowest BCUT2D eigenvalue weighted by molar-refractivity contribution is 0.0722. The monoisotopic (exact) mass is 380 g/mol. The lowest BCUT2D eigenvalue weighted by Crippen LogP contribution is -2.38. The molecular weight excluding hydrogens is 348 g/mol. The second-order valence-electron chi connectivity index (χ2n) is 9.37. The summed E-state index contributed by atoms with van der Waals surface area (Å²) in [6, 6.07) is 7.07. The van der Waals surface area contributed by atoms with Crippen molar-refractivity contribution in [3.05, 3.63) is 51.8 Å². The molecule has 0 aliphatic carbocycles. The van der Waals surface area contributed by atoms with Crippen LogP contribution in [0.2, 0.25) is 0 Å². The number of aromatic nitrogens is 2. The molecule has 3 heterocycles. The number of nitrogens with one attached hydrogen (secondary N) is 1. The van der Waals surface area contributed by atoms with Crippen molar-refractivity contribution in [2.75, 3.05) is 13.1 Å². The number of fused-ring (bicyclic) bond motifs is 1. The number of hydrogen-bond donors (Lipinski definition) is 1. The van der Waals surface area contributed by atoms with Crippen LogP contribution in [0.3, 0.4) is 0 Å². The summed E-state index contributed by atoms with van der Waals surface area (Å²) in [6.45, 7) is 11.3. The van der Waals surface area contributed by atoms with Crippen LogP contribution in [0.4, 0.5) is 0 Å². The number of nitrogens with zero attached hydrogens (tertiary/aromatic N) is 3. The van der Waals surface area contributed by atoms with Gasteiger partial charge < -0.3 is 10.2 Å². The summed E-state index contributed by atoms with van der Waals surface area (Å²) < 4.78 is 1.70. The van der Waals surface area contributed by atoms with E-state index in [-0.39, 0.29) is 11.3 Å². The Kier molecular flexibility index (Phi) is 4.82. The lowest BCUT2D eigenvalue weighted by Gasteiger charge is -2.33. The summed E-state index contributed by atoms with van der Waals surface area (Å²) in [7, 11) is 1.85. The number of amides is 1. The van der Waals surface area contributed by atoms with Gasteiger partial charge in [-0.05, 0) is 66.5 Å². The highest BCUT2D eigenvalue weighted by molar-refractivity contribution is 5.92. The van der Waals surface area contributed by atoms with Gasteiger partial charge in [0.1, 0.15) is 5.69 Å². The highest BCUT2D eigenvalue weighted by atomic mass is 16.2. The zero-order chi connectivity index (χ0) is 20.1. The molecule has 2 aliphatic rings. The summed E-state index contributed by atoms with van der Waals surface area (Å²) in [5.74, 6) is 0.0824. The van der Waals surface area contributed by atoms with Gasteiger partial charge >= 0.3 is 0 Å². The Bertz CT molecular complexity index is 900. The van der Waals surface area contributed by atoms with E-state index in [0.29, 0.717) is 18.3 Å². The Hall–Kier alpha value is -2.14. The normalized spacial score (nSPS) is 19.8. The molecule has 1 aromatic heterocycles. The third kappa shape index (κ3) is 3.48. The molecule has 28 heavy (non-hydrogen) atoms. The average Bonchev–Trinajstić information content (AvgIpc) is 3.28. The minimum absolute atomic E-state index is 0.0824. The zero-order valence-electron chi connectivity index (χ0n) is 17.8. The first-order chi connectivity index (χ1) is 13.2. The second kappa shape index (κ2) is 7.03. The van der Waals surface area contributed by atoms with E-state index in [1.165, 1.54) is 35.1 Å². The van der Waals surface area contributed by atoms with Crippen molar-refractivity contribution < 1.29 is 4.79 Å². The third-order valence-electron chi connectivity index (χ3n) is 6.19. The first-order valence-electron chi connectivity index (χ1n) is 10.4. The predicted octanol–water partition coefficient (Wildman–Crippen LogP) is 3.65. The minimum atomic E-state index is 0.0824. The van der Waals surface area contributed by atoms with Gasteiger partial charge in [0.15, 0.2) is 0 Å². The molecular formula is C23H32N4O. The molecule has 1 aromatic carbocycles. The fraction of sp³-hybridized carbons (Fsp3) is 0.565. The minimum Gasteiger partial charge on any atom is -0.333 e. The van der Waals surface area contributed by atoms with Gasteiger partial charge in [-0.3, -0.25) is 9.48 Å². The summed E-state index contributed by atoms with van der Waals surface area (Å²) in [5, 5.41) is 8.02. The molecule has 2 aromatic rings. The van der Waals surface area contributed by atoms with Gasteiger partial charge in [0, 0.05) is 26.2 Å². The summed E-state index contributed by atoms with van der Waals surface area (Å²) in [5.41, 5.74) is 7.26. The Labute approximate surface area is 168 Å². The van der Waals surface area contributed by atoms with Crippen molar-refractivity contribution in [1.82, 2.24) is 20.0 Å². The smallest absolute Gasteiger partial charge is 0.272 e. The Morgan fingerprint density at radius 3 is 2.64 bits per heavy atom. The third-order valence-corrected chi connectivity index (χ3v) is 6.19. The number of aryl methyl sites for hydroxylation is 2. The summed E-state index contributed by atoms with van der Waals surface area (Å²) >= 11 is 0. The van der Waals surface area contributed by atoms with Crippen molar-refractivity contribution >= 4 is 5.91 Å². The van der Waals surface area contributed by atoms with Crippen molar-refractivity contribution in [3.8, 4) is 0 Å². The van der Waals surface area contributed by atoms with Crippen molar-refractivity contribution in [1.29, 1.82) is 0 Å². The molecule has 1 N–H and O–H groups in total. The molecule has 5 nitrogen and oxygen atoms in total. The highest BCUT2D eigenvalue weighted by Crippen LogP contribution is 2.36. The molecule has 1 atom stereocenters. The first kappa shape index (κ1) is 19.2. The summed E-state index contributed by atoms with van der Waals surface area (Å²) in [4.78, 5) is 15.1. The second-order valence-corrected chi connectivity index (χ2v) is 9.37. The molecule has 0 spiro atoms. The van der Waals surface area contributed by atoms with E-state index in [2.05, 4.69) is 43.3 Å². The number of carbonyl (C=O) groups excluding carboxylic acids is 1. The number of carbonyl (C=O) groups is 1. The van der Waals surface area contributed by atoms with E-state index in [1.807, 2.05) is 24.9 Å². The highest BCUT2D eigenvalue weighted by Gasteiger charge is 2.30. The molecule has 0 unspecified atom stereocenters. The largest absolute Gasteiger partial charge is 0.333 e. The number of rotatable bonds is 2. The molecule has 150 valence electrons. The maximum Gasteiger partial charge on any atom is 0.272 e. The Balaban J connectivity index is 1.70. The topological polar surface area (TPSA) is 50.2 Å². The van der Waals surface area contributed by atoms with Crippen molar-refractivity contribution in [2.45, 2.75) is 65.0 Å². The van der Waals surface area contributed by atoms with E-state index in [1.54, 1.807) is 4.68 Å². The number of benzene rings is 1. The standard InChI is InChI=1S/C23H32N4O/c1-15-11-21(26(5)25-15)22(28)27-10-8-16-12-17(23(2,3)4)13-18(19(16)14-27)20-7-6-9-24-20/h11-13,20,24H,6-10,14H2,1-5H3/t20-/m0/s1. The molecule has 4 rings (SSSR count). The molecule has 2 aliphatic heterocycles. The SMILES string of the molecule is Cc1cc(C(=O)N2CCc3cc(C(C)(C)C)cc([C@@H]4CCCN4)c3C2)n(C)n1. The van der Waals surface area contributed by atoms with Crippen LogP contribution in [0.25, 0.3) is 0 Å². The van der Waals surface area contributed by atoms with Crippen LogP contribution < -0.4 is 5.32 Å². The molecule has 0 saturated carbocycles. The van der Waals surface area contributed by atoms with Gasteiger partial charge in [0.2, 0.25) is 0 Å². The summed E-state index contributed by atoms with van der Waals surface area (Å²) in [6.07, 6.45) is 3.31. The molecule has 1 fully saturated rings. The van der Waals surface area contributed by atoms with Crippen LogP contribution in [0, 0.1) is 6.92 Å². The van der Waals surface area contributed by atoms with Crippen molar-refractivity contribution in [3.63, 3.8) is 0 Å². The van der Waals surface area contributed by atoms with E-state index in [4.69, 9.17) is 0 Å². The number of hydrogen-bond acceptors (Lipinski definition) is 3. The van der Waals surface area contributed by atoms with Gasteiger partial charge in [0.25, 0.3) is 5.91 Å². The lowest BCUT2D eigenvalue weighted by atomic mass is 9.80. The van der Waals surface area contributed by atoms with Gasteiger partial charge in [0.05, 0.1) is 5.69 Å². The average molecular weight is 381 g/mol. The molecule has 5 heteroatoms. The van der Waals surface area contributed by atoms with Gasteiger partial charge in [-0.1, -0.05) is 32.9 Å². The zero-order valence-corrected chi connectivity index (χ0v) is 17.8. The fourth-order valence-electron chi connectivity index (χ4n) is 4.54. The molecule has 1 saturated heterocycles.